The lowest BCUT2D eigenvalue weighted by atomic mass is 10.0. The fourth-order valence-corrected chi connectivity index (χ4v) is 7.50. The summed E-state index contributed by atoms with van der Waals surface area (Å²) < 4.78 is 35.3. The predicted molar refractivity (Wildman–Crippen MR) is 182 cm³/mol. The van der Waals surface area contributed by atoms with E-state index in [1.807, 2.05) is 48.5 Å². The summed E-state index contributed by atoms with van der Waals surface area (Å²) in [6.07, 6.45) is 18.8. The van der Waals surface area contributed by atoms with Gasteiger partial charge in [0.2, 0.25) is 0 Å². The van der Waals surface area contributed by atoms with Crippen molar-refractivity contribution in [2.24, 2.45) is 0 Å². The van der Waals surface area contributed by atoms with E-state index < -0.39 is 26.6 Å². The molecule has 8 nitrogen and oxygen atoms in total. The van der Waals surface area contributed by atoms with Gasteiger partial charge in [-0.1, -0.05) is 157 Å². The summed E-state index contributed by atoms with van der Waals surface area (Å²) in [5.74, 6) is -0.444. The van der Waals surface area contributed by atoms with Gasteiger partial charge in [-0.3, -0.25) is 4.55 Å². The molecule has 2 atom stereocenters. The van der Waals surface area contributed by atoms with Gasteiger partial charge in [-0.25, -0.2) is 20.2 Å². The molecule has 0 aliphatic carbocycles. The largest absolute Gasteiger partial charge is 0.349 e. The third kappa shape index (κ3) is 11.1. The van der Waals surface area contributed by atoms with Crippen LogP contribution in [0.25, 0.3) is 16.6 Å². The van der Waals surface area contributed by atoms with Crippen molar-refractivity contribution in [3.05, 3.63) is 72.1 Å². The number of hydroxylamine groups is 1. The molecule has 0 spiro atoms. The first-order chi connectivity index (χ1) is 21.9. The number of rotatable bonds is 20. The molecule has 1 aromatic heterocycles. The maximum absolute atomic E-state index is 12.7. The highest BCUT2D eigenvalue weighted by molar-refractivity contribution is 8.00. The number of unbranched alkanes of at least 4 members (excludes halogenated alkanes) is 13. The Labute approximate surface area is 272 Å². The minimum absolute atomic E-state index is 0.0444. The monoisotopic (exact) mass is 653 g/mol. The SMILES string of the molecule is CCCCCCCCCCCCCCCCC(c1nc(SC2C=C(c3ccccc3)NOC2=O)c2ccccc2n1)S(=O)(=O)O. The minimum Gasteiger partial charge on any atom is -0.342 e. The number of thioether (sulfide) groups is 1. The van der Waals surface area contributed by atoms with Gasteiger partial charge in [0, 0.05) is 10.9 Å². The van der Waals surface area contributed by atoms with Crippen molar-refractivity contribution in [2.45, 2.75) is 119 Å². The number of para-hydroxylation sites is 1. The third-order valence-corrected chi connectivity index (χ3v) is 10.5. The Balaban J connectivity index is 1.35. The molecule has 0 radical (unpaired) electrons. The predicted octanol–water partition coefficient (Wildman–Crippen LogP) is 8.99. The Morgan fingerprint density at radius 1 is 0.822 bits per heavy atom. The third-order valence-electron chi connectivity index (χ3n) is 8.19. The molecule has 0 saturated carbocycles. The van der Waals surface area contributed by atoms with Crippen LogP contribution in [0.5, 0.6) is 0 Å². The van der Waals surface area contributed by atoms with Crippen LogP contribution in [0.15, 0.2) is 65.7 Å². The Morgan fingerprint density at radius 3 is 2.02 bits per heavy atom. The number of carbonyl (C=O) groups excluding carboxylic acids is 1. The molecule has 1 aliphatic heterocycles. The van der Waals surface area contributed by atoms with Crippen molar-refractivity contribution in [3.63, 3.8) is 0 Å². The summed E-state index contributed by atoms with van der Waals surface area (Å²) in [6.45, 7) is 2.25. The number of nitrogens with one attached hydrogen (secondary N) is 1. The van der Waals surface area contributed by atoms with E-state index in [0.29, 0.717) is 28.0 Å². The lowest BCUT2D eigenvalue weighted by molar-refractivity contribution is -0.147. The van der Waals surface area contributed by atoms with Crippen LogP contribution < -0.4 is 5.48 Å². The fourth-order valence-electron chi connectivity index (χ4n) is 5.63. The van der Waals surface area contributed by atoms with Crippen LogP contribution in [0.3, 0.4) is 0 Å². The van der Waals surface area contributed by atoms with Crippen molar-refractivity contribution < 1.29 is 22.6 Å². The van der Waals surface area contributed by atoms with E-state index in [-0.39, 0.29) is 12.2 Å². The zero-order valence-corrected chi connectivity index (χ0v) is 28.0. The van der Waals surface area contributed by atoms with Gasteiger partial charge in [0.25, 0.3) is 10.1 Å². The molecule has 10 heteroatoms. The first-order valence-corrected chi connectivity index (χ1v) is 18.9. The van der Waals surface area contributed by atoms with Crippen molar-refractivity contribution >= 4 is 44.4 Å². The quantitative estimate of drug-likeness (QED) is 0.0699. The molecule has 244 valence electrons. The van der Waals surface area contributed by atoms with Gasteiger partial charge in [-0.05, 0) is 18.6 Å². The van der Waals surface area contributed by atoms with Crippen molar-refractivity contribution in [1.82, 2.24) is 15.4 Å². The second-order valence-corrected chi connectivity index (χ2v) is 14.5. The van der Waals surface area contributed by atoms with E-state index in [4.69, 9.17) is 4.84 Å². The van der Waals surface area contributed by atoms with Gasteiger partial charge in [0.15, 0.2) is 5.82 Å². The van der Waals surface area contributed by atoms with Crippen LogP contribution >= 0.6 is 11.8 Å². The average molecular weight is 654 g/mol. The standard InChI is InChI=1S/C35H47N3O5S2/c1-2-3-4-5-6-7-8-9-10-11-12-13-14-18-25-32(45(40,41)42)33-36-29-24-20-19-23-28(29)34(37-33)44-31-26-30(38-43-35(31)39)27-21-16-15-17-22-27/h15-17,19-24,26,31-32,38H,2-14,18,25H2,1H3,(H,40,41,42). The second-order valence-electron chi connectivity index (χ2n) is 11.8. The molecule has 2 N–H and O–H groups in total. The Hall–Kier alpha value is -2.95. The van der Waals surface area contributed by atoms with E-state index in [0.717, 1.165) is 24.8 Å². The number of nitrogens with zero attached hydrogens (tertiary/aromatic N) is 2. The van der Waals surface area contributed by atoms with Gasteiger partial charge < -0.3 is 4.84 Å². The van der Waals surface area contributed by atoms with E-state index >= 15 is 0 Å². The lowest BCUT2D eigenvalue weighted by Gasteiger charge is -2.22. The summed E-state index contributed by atoms with van der Waals surface area (Å²) >= 11 is 1.17. The Morgan fingerprint density at radius 2 is 1.40 bits per heavy atom. The summed E-state index contributed by atoms with van der Waals surface area (Å²) in [5.41, 5.74) is 4.77. The van der Waals surface area contributed by atoms with E-state index in [1.54, 1.807) is 12.1 Å². The second kappa shape index (κ2) is 18.3. The molecule has 2 aromatic carbocycles. The molecule has 2 unspecified atom stereocenters. The van der Waals surface area contributed by atoms with Gasteiger partial charge in [0.05, 0.1) is 11.2 Å². The normalized spacial score (nSPS) is 15.8. The average Bonchev–Trinajstić information content (AvgIpc) is 3.03. The number of fused-ring (bicyclic) bond motifs is 1. The first-order valence-electron chi connectivity index (χ1n) is 16.5. The maximum atomic E-state index is 12.7. The highest BCUT2D eigenvalue weighted by Gasteiger charge is 2.31. The van der Waals surface area contributed by atoms with Crippen molar-refractivity contribution in [1.29, 1.82) is 0 Å². The number of aromatic nitrogens is 2. The van der Waals surface area contributed by atoms with Crippen LogP contribution in [0.1, 0.15) is 120 Å². The van der Waals surface area contributed by atoms with Crippen LogP contribution in [0.4, 0.5) is 0 Å². The first kappa shape index (κ1) is 34.9. The van der Waals surface area contributed by atoms with Crippen LogP contribution in [0, 0.1) is 0 Å². The van der Waals surface area contributed by atoms with Crippen LogP contribution in [-0.4, -0.2) is 34.2 Å². The van der Waals surface area contributed by atoms with Crippen molar-refractivity contribution in [2.75, 3.05) is 0 Å². The van der Waals surface area contributed by atoms with Crippen LogP contribution in [0.2, 0.25) is 0 Å². The highest BCUT2D eigenvalue weighted by Crippen LogP contribution is 2.35. The Bertz CT molecular complexity index is 1500. The number of hydrogen-bond donors (Lipinski definition) is 2. The summed E-state index contributed by atoms with van der Waals surface area (Å²) in [6, 6.07) is 16.8. The van der Waals surface area contributed by atoms with Gasteiger partial charge >= 0.3 is 5.97 Å². The maximum Gasteiger partial charge on any atom is 0.349 e. The lowest BCUT2D eigenvalue weighted by Crippen LogP contribution is -2.31. The summed E-state index contributed by atoms with van der Waals surface area (Å²) in [4.78, 5) is 27.2. The van der Waals surface area contributed by atoms with Gasteiger partial charge in [0.1, 0.15) is 15.5 Å². The number of carbonyl (C=O) groups is 1. The molecule has 45 heavy (non-hydrogen) atoms. The summed E-state index contributed by atoms with van der Waals surface area (Å²) in [7, 11) is -4.46. The van der Waals surface area contributed by atoms with E-state index in [9.17, 15) is 17.8 Å². The molecule has 1 aliphatic rings. The molecular weight excluding hydrogens is 607 g/mol. The fraction of sp³-hybridized carbons (Fsp3) is 0.514. The molecular formula is C35H47N3O5S2. The number of hydrogen-bond acceptors (Lipinski definition) is 8. The highest BCUT2D eigenvalue weighted by atomic mass is 32.2. The topological polar surface area (TPSA) is 118 Å². The molecule has 0 amide bonds. The molecule has 0 bridgehead atoms. The molecule has 4 rings (SSSR count). The van der Waals surface area contributed by atoms with E-state index in [2.05, 4.69) is 22.4 Å². The van der Waals surface area contributed by atoms with Gasteiger partial charge in [-0.2, -0.15) is 8.42 Å². The molecule has 2 heterocycles. The van der Waals surface area contributed by atoms with Gasteiger partial charge in [-0.15, -0.1) is 0 Å². The minimum atomic E-state index is -4.46. The van der Waals surface area contributed by atoms with E-state index in [1.165, 1.54) is 76.0 Å². The van der Waals surface area contributed by atoms with Crippen LogP contribution in [-0.2, 0) is 19.8 Å². The van der Waals surface area contributed by atoms with Crippen molar-refractivity contribution in [3.8, 4) is 0 Å². The molecule has 0 fully saturated rings. The zero-order chi connectivity index (χ0) is 31.9. The zero-order valence-electron chi connectivity index (χ0n) is 26.3. The number of benzene rings is 2. The Kier molecular flexibility index (Phi) is 14.2. The molecule has 0 saturated heterocycles. The summed E-state index contributed by atoms with van der Waals surface area (Å²) in [5, 5.41) is -0.813. The smallest absolute Gasteiger partial charge is 0.342 e. The molecule has 3 aromatic rings.